The van der Waals surface area contributed by atoms with Gasteiger partial charge in [-0.25, -0.2) is 4.79 Å². The van der Waals surface area contributed by atoms with Gasteiger partial charge in [-0.1, -0.05) is 54.6 Å². The van der Waals surface area contributed by atoms with Gasteiger partial charge < -0.3 is 25.3 Å². The summed E-state index contributed by atoms with van der Waals surface area (Å²) >= 11 is 0. The molecule has 0 saturated carbocycles. The van der Waals surface area contributed by atoms with Crippen molar-refractivity contribution in [2.24, 2.45) is 0 Å². The number of carbonyl (C=O) groups excluding carboxylic acids is 3. The minimum atomic E-state index is -0.798. The van der Waals surface area contributed by atoms with E-state index in [4.69, 9.17) is 0 Å². The van der Waals surface area contributed by atoms with Crippen LogP contribution in [0.25, 0.3) is 0 Å². The number of para-hydroxylation sites is 3. The van der Waals surface area contributed by atoms with Gasteiger partial charge in [0.15, 0.2) is 0 Å². The largest absolute Gasteiger partial charge is 0.339 e. The molecule has 1 spiro atoms. The molecule has 4 amide bonds. The second-order valence-corrected chi connectivity index (χ2v) is 9.59. The van der Waals surface area contributed by atoms with Crippen molar-refractivity contribution in [2.45, 2.75) is 25.3 Å². The van der Waals surface area contributed by atoms with Crippen LogP contribution in [-0.2, 0) is 9.59 Å². The standard InChI is InChI=1S/C29H31N5O3/c1-22-10-8-9-15-25(22)31-28(37)32-18-16-29(17-19-32)27(36)33(21-34(29)24-13-6-3-7-14-24)20-26(35)30-23-11-4-2-5-12-23/h2-15H,16-21H2,1H3,(H,30,35)(H,31,37). The SMILES string of the molecule is Cc1ccccc1NC(=O)N1CCC2(CC1)C(=O)N(CC(=O)Nc1ccccc1)CN2c1ccccc1. The first-order valence-corrected chi connectivity index (χ1v) is 12.5. The smallest absolute Gasteiger partial charge is 0.321 e. The maximum Gasteiger partial charge on any atom is 0.321 e. The van der Waals surface area contributed by atoms with Crippen molar-refractivity contribution in [3.63, 3.8) is 0 Å². The van der Waals surface area contributed by atoms with Crippen molar-refractivity contribution in [2.75, 3.05) is 41.8 Å². The van der Waals surface area contributed by atoms with Crippen molar-refractivity contribution in [1.29, 1.82) is 0 Å². The van der Waals surface area contributed by atoms with Gasteiger partial charge in [0, 0.05) is 30.2 Å². The highest BCUT2D eigenvalue weighted by Crippen LogP contribution is 2.39. The zero-order valence-electron chi connectivity index (χ0n) is 20.9. The summed E-state index contributed by atoms with van der Waals surface area (Å²) in [5.74, 6) is -0.307. The second-order valence-electron chi connectivity index (χ2n) is 9.59. The number of nitrogens with zero attached hydrogens (tertiary/aromatic N) is 3. The van der Waals surface area contributed by atoms with Crippen LogP contribution in [0.1, 0.15) is 18.4 Å². The molecule has 2 saturated heterocycles. The predicted molar refractivity (Wildman–Crippen MR) is 144 cm³/mol. The zero-order valence-corrected chi connectivity index (χ0v) is 20.9. The molecular formula is C29H31N5O3. The van der Waals surface area contributed by atoms with Crippen molar-refractivity contribution in [3.05, 3.63) is 90.5 Å². The van der Waals surface area contributed by atoms with Gasteiger partial charge in [-0.3, -0.25) is 9.59 Å². The van der Waals surface area contributed by atoms with E-state index in [9.17, 15) is 14.4 Å². The topological polar surface area (TPSA) is 85.0 Å². The van der Waals surface area contributed by atoms with Gasteiger partial charge in [-0.05, 0) is 55.7 Å². The Kier molecular flexibility index (Phi) is 6.81. The lowest BCUT2D eigenvalue weighted by Gasteiger charge is -2.43. The summed E-state index contributed by atoms with van der Waals surface area (Å²) in [6, 6.07) is 26.5. The van der Waals surface area contributed by atoms with Crippen molar-refractivity contribution in [1.82, 2.24) is 9.80 Å². The number of amides is 4. The maximum atomic E-state index is 13.9. The highest BCUT2D eigenvalue weighted by atomic mass is 16.2. The number of nitrogens with one attached hydrogen (secondary N) is 2. The van der Waals surface area contributed by atoms with Gasteiger partial charge in [0.25, 0.3) is 5.91 Å². The third kappa shape index (κ3) is 5.00. The van der Waals surface area contributed by atoms with Gasteiger partial charge in [-0.2, -0.15) is 0 Å². The lowest BCUT2D eigenvalue weighted by atomic mass is 9.85. The van der Waals surface area contributed by atoms with Gasteiger partial charge in [0.2, 0.25) is 5.91 Å². The van der Waals surface area contributed by atoms with Crippen molar-refractivity contribution < 1.29 is 14.4 Å². The van der Waals surface area contributed by atoms with E-state index in [0.29, 0.717) is 38.3 Å². The maximum absolute atomic E-state index is 13.9. The number of likely N-dealkylation sites (tertiary alicyclic amines) is 1. The molecule has 0 bridgehead atoms. The van der Waals surface area contributed by atoms with Crippen LogP contribution in [0.15, 0.2) is 84.9 Å². The molecule has 0 unspecified atom stereocenters. The average molecular weight is 498 g/mol. The summed E-state index contributed by atoms with van der Waals surface area (Å²) < 4.78 is 0. The molecule has 2 fully saturated rings. The van der Waals surface area contributed by atoms with E-state index >= 15 is 0 Å². The number of aryl methyl sites for hydroxylation is 1. The summed E-state index contributed by atoms with van der Waals surface area (Å²) in [5.41, 5.74) is 2.61. The van der Waals surface area contributed by atoms with Crippen LogP contribution in [0, 0.1) is 6.92 Å². The Labute approximate surface area is 216 Å². The second kappa shape index (κ2) is 10.3. The first-order chi connectivity index (χ1) is 18.0. The van der Waals surface area contributed by atoms with Crippen LogP contribution in [-0.4, -0.2) is 59.5 Å². The quantitative estimate of drug-likeness (QED) is 0.550. The molecule has 8 nitrogen and oxygen atoms in total. The molecule has 2 N–H and O–H groups in total. The molecule has 0 aromatic heterocycles. The van der Waals surface area contributed by atoms with E-state index in [1.807, 2.05) is 91.9 Å². The van der Waals surface area contributed by atoms with E-state index in [2.05, 4.69) is 15.5 Å². The van der Waals surface area contributed by atoms with Gasteiger partial charge in [0.1, 0.15) is 12.1 Å². The number of piperidine rings is 1. The molecule has 5 rings (SSSR count). The lowest BCUT2D eigenvalue weighted by Crippen LogP contribution is -2.58. The fourth-order valence-electron chi connectivity index (χ4n) is 5.20. The van der Waals surface area contributed by atoms with E-state index < -0.39 is 5.54 Å². The van der Waals surface area contributed by atoms with Crippen LogP contribution < -0.4 is 15.5 Å². The first-order valence-electron chi connectivity index (χ1n) is 12.5. The molecule has 0 atom stereocenters. The molecule has 190 valence electrons. The van der Waals surface area contributed by atoms with Crippen molar-refractivity contribution >= 4 is 34.9 Å². The molecule has 0 aliphatic carbocycles. The van der Waals surface area contributed by atoms with Crippen LogP contribution in [0.2, 0.25) is 0 Å². The molecule has 0 radical (unpaired) electrons. The lowest BCUT2D eigenvalue weighted by molar-refractivity contribution is -0.136. The minimum absolute atomic E-state index is 0.0315. The Balaban J connectivity index is 1.31. The number of benzene rings is 3. The van der Waals surface area contributed by atoms with E-state index in [-0.39, 0.29) is 24.4 Å². The van der Waals surface area contributed by atoms with Crippen LogP contribution in [0.5, 0.6) is 0 Å². The third-order valence-corrected chi connectivity index (χ3v) is 7.24. The average Bonchev–Trinajstić information content (AvgIpc) is 3.17. The predicted octanol–water partition coefficient (Wildman–Crippen LogP) is 4.31. The zero-order chi connectivity index (χ0) is 25.8. The van der Waals surface area contributed by atoms with Gasteiger partial charge in [-0.15, -0.1) is 0 Å². The summed E-state index contributed by atoms with van der Waals surface area (Å²) in [6.45, 7) is 3.13. The highest BCUT2D eigenvalue weighted by molar-refractivity contribution is 5.99. The fourth-order valence-corrected chi connectivity index (χ4v) is 5.20. The number of urea groups is 1. The molecule has 2 aliphatic heterocycles. The normalized spacial score (nSPS) is 16.7. The molecule has 3 aromatic carbocycles. The Bertz CT molecular complexity index is 1270. The van der Waals surface area contributed by atoms with E-state index in [1.54, 1.807) is 9.80 Å². The van der Waals surface area contributed by atoms with Gasteiger partial charge in [0.05, 0.1) is 6.67 Å². The fraction of sp³-hybridized carbons (Fsp3) is 0.276. The summed E-state index contributed by atoms with van der Waals surface area (Å²) in [7, 11) is 0. The van der Waals surface area contributed by atoms with E-state index in [0.717, 1.165) is 16.9 Å². The third-order valence-electron chi connectivity index (χ3n) is 7.24. The molecule has 2 heterocycles. The molecular weight excluding hydrogens is 466 g/mol. The number of anilines is 3. The Morgan fingerprint density at radius 2 is 1.46 bits per heavy atom. The Morgan fingerprint density at radius 3 is 2.14 bits per heavy atom. The van der Waals surface area contributed by atoms with Gasteiger partial charge >= 0.3 is 6.03 Å². The van der Waals surface area contributed by atoms with Crippen LogP contribution >= 0.6 is 0 Å². The Hall–Kier alpha value is -4.33. The van der Waals surface area contributed by atoms with Crippen LogP contribution in [0.4, 0.5) is 21.9 Å². The van der Waals surface area contributed by atoms with Crippen molar-refractivity contribution in [3.8, 4) is 0 Å². The monoisotopic (exact) mass is 497 g/mol. The number of hydrogen-bond acceptors (Lipinski definition) is 4. The molecule has 2 aliphatic rings. The summed E-state index contributed by atoms with van der Waals surface area (Å²) in [5, 5.41) is 5.87. The number of carbonyl (C=O) groups is 3. The Morgan fingerprint density at radius 1 is 0.838 bits per heavy atom. The number of hydrogen-bond donors (Lipinski definition) is 2. The minimum Gasteiger partial charge on any atom is -0.339 e. The highest BCUT2D eigenvalue weighted by Gasteiger charge is 2.54. The van der Waals surface area contributed by atoms with E-state index in [1.165, 1.54) is 0 Å². The molecule has 37 heavy (non-hydrogen) atoms. The molecule has 3 aromatic rings. The summed E-state index contributed by atoms with van der Waals surface area (Å²) in [4.78, 5) is 45.1. The van der Waals surface area contributed by atoms with Crippen LogP contribution in [0.3, 0.4) is 0 Å². The summed E-state index contributed by atoms with van der Waals surface area (Å²) in [6.07, 6.45) is 0.970. The number of rotatable bonds is 5. The first kappa shape index (κ1) is 24.4. The molecule has 8 heteroatoms.